The van der Waals surface area contributed by atoms with Gasteiger partial charge in [0.25, 0.3) is 0 Å². The Morgan fingerprint density at radius 2 is 2.15 bits per heavy atom. The summed E-state index contributed by atoms with van der Waals surface area (Å²) in [6.45, 7) is 5.21. The molecule has 0 aliphatic heterocycles. The maximum Gasteiger partial charge on any atom is 0.0771 e. The molecule has 2 N–H and O–H groups in total. The van der Waals surface area contributed by atoms with Crippen LogP contribution in [0.5, 0.6) is 0 Å². The smallest absolute Gasteiger partial charge is 0.0771 e. The first-order valence-corrected chi connectivity index (χ1v) is 5.62. The molecule has 0 bridgehead atoms. The van der Waals surface area contributed by atoms with Crippen molar-refractivity contribution in [1.29, 1.82) is 0 Å². The first kappa shape index (κ1) is 11.0. The second-order valence-corrected chi connectivity index (χ2v) is 4.50. The van der Waals surface area contributed by atoms with E-state index < -0.39 is 0 Å². The maximum absolute atomic E-state index is 9.82. The molecule has 1 saturated carbocycles. The van der Waals surface area contributed by atoms with Crippen LogP contribution in [0.25, 0.3) is 0 Å². The number of nitrogens with one attached hydrogen (secondary N) is 1. The van der Waals surface area contributed by atoms with Crippen LogP contribution in [-0.2, 0) is 0 Å². The molecule has 0 aromatic heterocycles. The van der Waals surface area contributed by atoms with Gasteiger partial charge in [0.2, 0.25) is 0 Å². The summed E-state index contributed by atoms with van der Waals surface area (Å²) in [6.07, 6.45) is 6.94. The molecule has 0 heterocycles. The molecule has 1 rings (SSSR count). The number of hydrogen-bond acceptors (Lipinski definition) is 2. The van der Waals surface area contributed by atoms with Crippen LogP contribution in [0.2, 0.25) is 0 Å². The molecular formula is C11H23NO. The lowest BCUT2D eigenvalue weighted by Crippen LogP contribution is -2.48. The van der Waals surface area contributed by atoms with Gasteiger partial charge in [-0.3, -0.25) is 0 Å². The van der Waals surface area contributed by atoms with Gasteiger partial charge in [-0.05, 0) is 32.6 Å². The SMILES string of the molecule is CCCCC(C)NCC1(O)CCC1. The van der Waals surface area contributed by atoms with E-state index in [4.69, 9.17) is 0 Å². The monoisotopic (exact) mass is 185 g/mol. The van der Waals surface area contributed by atoms with Crippen LogP contribution >= 0.6 is 0 Å². The Morgan fingerprint density at radius 1 is 1.46 bits per heavy atom. The van der Waals surface area contributed by atoms with Crippen molar-refractivity contribution in [2.75, 3.05) is 6.54 Å². The van der Waals surface area contributed by atoms with E-state index in [-0.39, 0.29) is 5.60 Å². The second-order valence-electron chi connectivity index (χ2n) is 4.50. The lowest BCUT2D eigenvalue weighted by molar-refractivity contribution is -0.0330. The lowest BCUT2D eigenvalue weighted by Gasteiger charge is -2.37. The summed E-state index contributed by atoms with van der Waals surface area (Å²) in [5.41, 5.74) is -0.361. The van der Waals surface area contributed by atoms with Gasteiger partial charge in [0.15, 0.2) is 0 Å². The zero-order valence-electron chi connectivity index (χ0n) is 8.97. The summed E-state index contributed by atoms with van der Waals surface area (Å²) in [5, 5.41) is 13.2. The van der Waals surface area contributed by atoms with Gasteiger partial charge >= 0.3 is 0 Å². The number of rotatable bonds is 6. The fourth-order valence-corrected chi connectivity index (χ4v) is 1.74. The predicted octanol–water partition coefficient (Wildman–Crippen LogP) is 2.07. The minimum atomic E-state index is -0.361. The van der Waals surface area contributed by atoms with Crippen molar-refractivity contribution < 1.29 is 5.11 Å². The van der Waals surface area contributed by atoms with Gasteiger partial charge < -0.3 is 10.4 Å². The Balaban J connectivity index is 2.03. The van der Waals surface area contributed by atoms with Crippen molar-refractivity contribution in [3.8, 4) is 0 Å². The zero-order chi connectivity index (χ0) is 9.73. The van der Waals surface area contributed by atoms with Gasteiger partial charge in [0.1, 0.15) is 0 Å². The van der Waals surface area contributed by atoms with Crippen molar-refractivity contribution in [3.05, 3.63) is 0 Å². The summed E-state index contributed by atoms with van der Waals surface area (Å²) in [7, 11) is 0. The number of unbranched alkanes of at least 4 members (excludes halogenated alkanes) is 1. The van der Waals surface area contributed by atoms with Crippen molar-refractivity contribution in [1.82, 2.24) is 5.32 Å². The van der Waals surface area contributed by atoms with E-state index in [0.717, 1.165) is 19.4 Å². The van der Waals surface area contributed by atoms with Gasteiger partial charge in [0.05, 0.1) is 5.60 Å². The number of aliphatic hydroxyl groups is 1. The molecule has 1 fully saturated rings. The average Bonchev–Trinajstić information content (AvgIpc) is 2.08. The van der Waals surface area contributed by atoms with Gasteiger partial charge in [-0.1, -0.05) is 19.8 Å². The largest absolute Gasteiger partial charge is 0.389 e. The van der Waals surface area contributed by atoms with E-state index in [0.29, 0.717) is 6.04 Å². The summed E-state index contributed by atoms with van der Waals surface area (Å²) in [4.78, 5) is 0. The van der Waals surface area contributed by atoms with Gasteiger partial charge in [-0.25, -0.2) is 0 Å². The van der Waals surface area contributed by atoms with Gasteiger partial charge in [0, 0.05) is 12.6 Å². The van der Waals surface area contributed by atoms with Crippen LogP contribution in [0.4, 0.5) is 0 Å². The van der Waals surface area contributed by atoms with Gasteiger partial charge in [-0.15, -0.1) is 0 Å². The summed E-state index contributed by atoms with van der Waals surface area (Å²) in [5.74, 6) is 0. The molecular weight excluding hydrogens is 162 g/mol. The molecule has 78 valence electrons. The van der Waals surface area contributed by atoms with Crippen LogP contribution in [0, 0.1) is 0 Å². The second kappa shape index (κ2) is 4.97. The quantitative estimate of drug-likeness (QED) is 0.664. The highest BCUT2D eigenvalue weighted by molar-refractivity contribution is 4.89. The molecule has 2 nitrogen and oxygen atoms in total. The topological polar surface area (TPSA) is 32.3 Å². The highest BCUT2D eigenvalue weighted by atomic mass is 16.3. The lowest BCUT2D eigenvalue weighted by atomic mass is 9.80. The van der Waals surface area contributed by atoms with Crippen molar-refractivity contribution in [2.45, 2.75) is 64.0 Å². The number of hydrogen-bond donors (Lipinski definition) is 2. The normalized spacial score (nSPS) is 22.4. The van der Waals surface area contributed by atoms with E-state index >= 15 is 0 Å². The Morgan fingerprint density at radius 3 is 2.62 bits per heavy atom. The van der Waals surface area contributed by atoms with Crippen molar-refractivity contribution in [2.24, 2.45) is 0 Å². The molecule has 0 radical (unpaired) electrons. The minimum absolute atomic E-state index is 0.361. The first-order chi connectivity index (χ1) is 6.16. The van der Waals surface area contributed by atoms with Gasteiger partial charge in [-0.2, -0.15) is 0 Å². The maximum atomic E-state index is 9.82. The first-order valence-electron chi connectivity index (χ1n) is 5.62. The van der Waals surface area contributed by atoms with Crippen LogP contribution in [0.15, 0.2) is 0 Å². The highest BCUT2D eigenvalue weighted by Gasteiger charge is 2.33. The highest BCUT2D eigenvalue weighted by Crippen LogP contribution is 2.30. The minimum Gasteiger partial charge on any atom is -0.389 e. The van der Waals surface area contributed by atoms with Crippen molar-refractivity contribution >= 4 is 0 Å². The Labute approximate surface area is 81.7 Å². The molecule has 0 amide bonds. The standard InChI is InChI=1S/C11H23NO/c1-3-4-6-10(2)12-9-11(13)7-5-8-11/h10,12-13H,3-9H2,1-2H3. The molecule has 0 aromatic carbocycles. The molecule has 13 heavy (non-hydrogen) atoms. The third-order valence-corrected chi connectivity index (χ3v) is 3.05. The van der Waals surface area contributed by atoms with E-state index in [9.17, 15) is 5.11 Å². The fourth-order valence-electron chi connectivity index (χ4n) is 1.74. The van der Waals surface area contributed by atoms with E-state index in [1.165, 1.54) is 25.7 Å². The molecule has 1 unspecified atom stereocenters. The zero-order valence-corrected chi connectivity index (χ0v) is 8.97. The van der Waals surface area contributed by atoms with E-state index in [1.807, 2.05) is 0 Å². The Kier molecular flexibility index (Phi) is 4.20. The van der Waals surface area contributed by atoms with Crippen LogP contribution in [0.3, 0.4) is 0 Å². The average molecular weight is 185 g/mol. The van der Waals surface area contributed by atoms with Crippen LogP contribution in [0.1, 0.15) is 52.4 Å². The molecule has 0 saturated heterocycles. The predicted molar refractivity (Wildman–Crippen MR) is 55.8 cm³/mol. The fraction of sp³-hybridized carbons (Fsp3) is 1.00. The third-order valence-electron chi connectivity index (χ3n) is 3.05. The summed E-state index contributed by atoms with van der Waals surface area (Å²) < 4.78 is 0. The third kappa shape index (κ3) is 3.65. The van der Waals surface area contributed by atoms with Crippen LogP contribution in [-0.4, -0.2) is 23.3 Å². The van der Waals surface area contributed by atoms with Crippen molar-refractivity contribution in [3.63, 3.8) is 0 Å². The van der Waals surface area contributed by atoms with E-state index in [2.05, 4.69) is 19.2 Å². The Hall–Kier alpha value is -0.0800. The molecule has 2 heteroatoms. The van der Waals surface area contributed by atoms with E-state index in [1.54, 1.807) is 0 Å². The summed E-state index contributed by atoms with van der Waals surface area (Å²) in [6, 6.07) is 0.560. The Bertz CT molecular complexity index is 143. The molecule has 0 spiro atoms. The molecule has 1 aliphatic carbocycles. The molecule has 1 aliphatic rings. The molecule has 0 aromatic rings. The summed E-state index contributed by atoms with van der Waals surface area (Å²) >= 11 is 0. The molecule has 1 atom stereocenters. The van der Waals surface area contributed by atoms with Crippen LogP contribution < -0.4 is 5.32 Å².